The normalized spacial score (nSPS) is 20.6. The quantitative estimate of drug-likeness (QED) is 0.128. The predicted molar refractivity (Wildman–Crippen MR) is 195 cm³/mol. The number of carbonyl (C=O) groups is 3. The molecule has 0 amide bonds. The molecule has 1 heterocycles. The number of aromatic hydroxyl groups is 1. The van der Waals surface area contributed by atoms with E-state index in [1.54, 1.807) is 69.5 Å². The number of phenols is 1. The molecule has 0 aromatic heterocycles. The molecule has 2 aliphatic rings. The Morgan fingerprint density at radius 3 is 2.21 bits per heavy atom. The van der Waals surface area contributed by atoms with Crippen LogP contribution < -0.4 is 18.9 Å². The van der Waals surface area contributed by atoms with E-state index in [0.717, 1.165) is 31.2 Å². The number of esters is 3. The molecule has 1 N–H and O–H groups in total. The van der Waals surface area contributed by atoms with Gasteiger partial charge in [0.1, 0.15) is 28.4 Å². The van der Waals surface area contributed by atoms with Crippen molar-refractivity contribution in [3.05, 3.63) is 77.4 Å². The van der Waals surface area contributed by atoms with Crippen LogP contribution in [-0.2, 0) is 24.8 Å². The van der Waals surface area contributed by atoms with Gasteiger partial charge in [-0.05, 0) is 125 Å². The summed E-state index contributed by atoms with van der Waals surface area (Å²) in [5.41, 5.74) is -1.33. The second-order valence-corrected chi connectivity index (χ2v) is 15.0. The van der Waals surface area contributed by atoms with E-state index >= 15 is 0 Å². The van der Waals surface area contributed by atoms with Crippen LogP contribution in [0.3, 0.4) is 0 Å². The van der Waals surface area contributed by atoms with Crippen molar-refractivity contribution < 1.29 is 47.9 Å². The van der Waals surface area contributed by atoms with E-state index in [1.807, 2.05) is 33.8 Å². The van der Waals surface area contributed by atoms with Gasteiger partial charge in [-0.1, -0.05) is 32.9 Å². The average Bonchev–Trinajstić information content (AvgIpc) is 3.60. The first-order valence-electron chi connectivity index (χ1n) is 18.2. The molecule has 52 heavy (non-hydrogen) atoms. The molecule has 3 aromatic rings. The number of methoxy groups -OCH3 is 2. The van der Waals surface area contributed by atoms with Gasteiger partial charge in [0.2, 0.25) is 0 Å². The number of hydrogen-bond acceptors (Lipinski definition) is 10. The van der Waals surface area contributed by atoms with Gasteiger partial charge in [0.05, 0.1) is 25.0 Å². The summed E-state index contributed by atoms with van der Waals surface area (Å²) in [6.07, 6.45) is 5.13. The average molecular weight is 717 g/mol. The standard InChI is InChI=1S/C42H52O10/c1-9-39(4,37(45)49-32-14-13-15-33-35(32)36(44)51-41(6,50-33)29-17-19-30(47-7)20-18-29)26-40(5,38(46)52-42(10-2)22-11-12-23-42)25-27(3)28-16-21-31(43)34(24-28)48-8/h13-21,24,27,43H,9-12,22-23,25-26H2,1-8H3. The van der Waals surface area contributed by atoms with E-state index in [1.165, 1.54) is 13.2 Å². The number of ether oxygens (including phenoxy) is 6. The highest BCUT2D eigenvalue weighted by Crippen LogP contribution is 2.48. The smallest absolute Gasteiger partial charge is 0.349 e. The van der Waals surface area contributed by atoms with Crippen LogP contribution in [0.25, 0.3) is 0 Å². The molecule has 3 aromatic carbocycles. The third-order valence-corrected chi connectivity index (χ3v) is 11.1. The molecule has 4 unspecified atom stereocenters. The lowest BCUT2D eigenvalue weighted by atomic mass is 9.67. The van der Waals surface area contributed by atoms with E-state index in [0.29, 0.717) is 36.3 Å². The first-order valence-corrected chi connectivity index (χ1v) is 18.2. The Morgan fingerprint density at radius 1 is 0.904 bits per heavy atom. The molecule has 4 atom stereocenters. The summed E-state index contributed by atoms with van der Waals surface area (Å²) in [4.78, 5) is 42.3. The first-order chi connectivity index (χ1) is 24.6. The van der Waals surface area contributed by atoms with Crippen LogP contribution in [0.1, 0.15) is 120 Å². The van der Waals surface area contributed by atoms with E-state index < -0.39 is 34.2 Å². The highest BCUT2D eigenvalue weighted by molar-refractivity contribution is 5.98. The fourth-order valence-corrected chi connectivity index (χ4v) is 7.67. The second kappa shape index (κ2) is 15.1. The molecule has 280 valence electrons. The van der Waals surface area contributed by atoms with E-state index in [-0.39, 0.29) is 41.1 Å². The fourth-order valence-electron chi connectivity index (χ4n) is 7.67. The second-order valence-electron chi connectivity index (χ2n) is 15.0. The van der Waals surface area contributed by atoms with Crippen LogP contribution >= 0.6 is 0 Å². The Balaban J connectivity index is 1.43. The van der Waals surface area contributed by atoms with Crippen LogP contribution in [0.15, 0.2) is 60.7 Å². The summed E-state index contributed by atoms with van der Waals surface area (Å²) < 4.78 is 35.1. The zero-order chi connectivity index (χ0) is 37.9. The van der Waals surface area contributed by atoms with Gasteiger partial charge in [-0.2, -0.15) is 0 Å². The molecule has 1 saturated carbocycles. The maximum atomic E-state index is 14.4. The van der Waals surface area contributed by atoms with Gasteiger partial charge < -0.3 is 33.5 Å². The molecule has 0 spiro atoms. The SMILES string of the molecule is CCC1(OC(=O)C(C)(CC(C)c2ccc(O)c(OC)c2)CC(C)(CC)C(=O)Oc2cccc3c2C(=O)OC(C)(c2ccc(OC)cc2)O3)CCCC1. The molecular weight excluding hydrogens is 664 g/mol. The van der Waals surface area contributed by atoms with Crippen LogP contribution in [0.2, 0.25) is 0 Å². The molecule has 10 nitrogen and oxygen atoms in total. The van der Waals surface area contributed by atoms with Gasteiger partial charge in [-0.15, -0.1) is 0 Å². The van der Waals surface area contributed by atoms with Crippen LogP contribution in [-0.4, -0.2) is 42.8 Å². The Hall–Kier alpha value is -4.73. The molecule has 1 fully saturated rings. The summed E-state index contributed by atoms with van der Waals surface area (Å²) in [7, 11) is 3.06. The maximum absolute atomic E-state index is 14.4. The lowest BCUT2D eigenvalue weighted by molar-refractivity contribution is -0.175. The minimum Gasteiger partial charge on any atom is -0.504 e. The van der Waals surface area contributed by atoms with E-state index in [9.17, 15) is 19.5 Å². The van der Waals surface area contributed by atoms with Gasteiger partial charge in [0, 0.05) is 12.5 Å². The number of fused-ring (bicyclic) bond motifs is 1. The molecule has 1 aliphatic carbocycles. The minimum atomic E-state index is -1.42. The molecule has 0 radical (unpaired) electrons. The highest BCUT2D eigenvalue weighted by atomic mass is 16.7. The van der Waals surface area contributed by atoms with Crippen molar-refractivity contribution in [1.29, 1.82) is 0 Å². The monoisotopic (exact) mass is 716 g/mol. The summed E-state index contributed by atoms with van der Waals surface area (Å²) in [5.74, 6) is -2.01. The number of cyclic esters (lactones) is 1. The van der Waals surface area contributed by atoms with Crippen LogP contribution in [0.4, 0.5) is 0 Å². The van der Waals surface area contributed by atoms with Crippen molar-refractivity contribution >= 4 is 17.9 Å². The van der Waals surface area contributed by atoms with Crippen molar-refractivity contribution in [2.24, 2.45) is 10.8 Å². The molecule has 0 bridgehead atoms. The Labute approximate surface area is 306 Å². The predicted octanol–water partition coefficient (Wildman–Crippen LogP) is 9.01. The Bertz CT molecular complexity index is 1780. The number of benzene rings is 3. The maximum Gasteiger partial charge on any atom is 0.349 e. The number of phenolic OH excluding ortho intramolecular Hbond substituents is 1. The molecular formula is C42H52O10. The van der Waals surface area contributed by atoms with Gasteiger partial charge in [0.15, 0.2) is 11.5 Å². The van der Waals surface area contributed by atoms with Crippen LogP contribution in [0, 0.1) is 10.8 Å². The molecule has 1 aliphatic heterocycles. The van der Waals surface area contributed by atoms with Crippen LogP contribution in [0.5, 0.6) is 28.7 Å². The summed E-state index contributed by atoms with van der Waals surface area (Å²) in [6, 6.07) is 17.0. The lowest BCUT2D eigenvalue weighted by Gasteiger charge is -2.40. The van der Waals surface area contributed by atoms with Crippen molar-refractivity contribution in [3.8, 4) is 28.7 Å². The number of rotatable bonds is 14. The van der Waals surface area contributed by atoms with Gasteiger partial charge in [-0.3, -0.25) is 9.59 Å². The Morgan fingerprint density at radius 2 is 1.60 bits per heavy atom. The minimum absolute atomic E-state index is 0.00322. The molecule has 10 heteroatoms. The number of carbonyl (C=O) groups excluding carboxylic acids is 3. The summed E-state index contributed by atoms with van der Waals surface area (Å²) in [5, 5.41) is 10.2. The van der Waals surface area contributed by atoms with Crippen molar-refractivity contribution in [2.75, 3.05) is 14.2 Å². The molecule has 0 saturated heterocycles. The lowest BCUT2D eigenvalue weighted by Crippen LogP contribution is -2.45. The van der Waals surface area contributed by atoms with E-state index in [4.69, 9.17) is 28.4 Å². The zero-order valence-electron chi connectivity index (χ0n) is 31.6. The zero-order valence-corrected chi connectivity index (χ0v) is 31.6. The largest absolute Gasteiger partial charge is 0.504 e. The number of hydrogen-bond donors (Lipinski definition) is 1. The van der Waals surface area contributed by atoms with Gasteiger partial charge in [0.25, 0.3) is 5.79 Å². The third-order valence-electron chi connectivity index (χ3n) is 11.1. The van der Waals surface area contributed by atoms with Gasteiger partial charge in [-0.25, -0.2) is 4.79 Å². The van der Waals surface area contributed by atoms with Gasteiger partial charge >= 0.3 is 17.9 Å². The summed E-state index contributed by atoms with van der Waals surface area (Å²) >= 11 is 0. The fraction of sp³-hybridized carbons (Fsp3) is 0.500. The van der Waals surface area contributed by atoms with Crippen molar-refractivity contribution in [1.82, 2.24) is 0 Å². The third kappa shape index (κ3) is 7.71. The van der Waals surface area contributed by atoms with E-state index in [2.05, 4.69) is 0 Å². The molecule has 5 rings (SSSR count). The highest BCUT2D eigenvalue weighted by Gasteiger charge is 2.50. The Kier molecular flexibility index (Phi) is 11.2. The van der Waals surface area contributed by atoms with Crippen molar-refractivity contribution in [3.63, 3.8) is 0 Å². The first kappa shape index (κ1) is 38.5. The summed E-state index contributed by atoms with van der Waals surface area (Å²) in [6.45, 7) is 11.2. The van der Waals surface area contributed by atoms with Crippen molar-refractivity contribution in [2.45, 2.75) is 110 Å². The topological polar surface area (TPSA) is 127 Å².